The van der Waals surface area contributed by atoms with Crippen LogP contribution in [0.4, 0.5) is 11.4 Å². The van der Waals surface area contributed by atoms with Gasteiger partial charge in [-0.2, -0.15) is 0 Å². The van der Waals surface area contributed by atoms with E-state index in [1.54, 1.807) is 0 Å². The van der Waals surface area contributed by atoms with Gasteiger partial charge in [0.05, 0.1) is 17.4 Å². The first-order chi connectivity index (χ1) is 15.1. The minimum Gasteiger partial charge on any atom is -0.488 e. The fourth-order valence-corrected chi connectivity index (χ4v) is 3.80. The number of nitrogens with zero attached hydrogens (tertiary/aromatic N) is 3. The summed E-state index contributed by atoms with van der Waals surface area (Å²) in [7, 11) is 1.24. The monoisotopic (exact) mass is 421 g/mol. The van der Waals surface area contributed by atoms with E-state index in [1.807, 2.05) is 36.4 Å². The summed E-state index contributed by atoms with van der Waals surface area (Å²) in [5.74, 6) is -0.322. The van der Waals surface area contributed by atoms with Gasteiger partial charge in [0, 0.05) is 30.9 Å². The summed E-state index contributed by atoms with van der Waals surface area (Å²) in [5.41, 5.74) is 1.61. The van der Waals surface area contributed by atoms with Crippen LogP contribution in [0.2, 0.25) is 0 Å². The molecule has 1 aromatic heterocycles. The van der Waals surface area contributed by atoms with Crippen LogP contribution in [-0.4, -0.2) is 36.1 Å². The van der Waals surface area contributed by atoms with Crippen molar-refractivity contribution in [1.82, 2.24) is 4.98 Å². The fraction of sp³-hybridized carbons (Fsp3) is 0.304. The Bertz CT molecular complexity index is 1110. The number of anilines is 1. The predicted octanol–water partition coefficient (Wildman–Crippen LogP) is 4.50. The molecule has 0 aliphatic carbocycles. The number of nitro groups is 1. The molecule has 0 spiro atoms. The lowest BCUT2D eigenvalue weighted by Crippen LogP contribution is -2.29. The van der Waals surface area contributed by atoms with E-state index in [0.717, 1.165) is 43.6 Å². The van der Waals surface area contributed by atoms with E-state index in [4.69, 9.17) is 9.47 Å². The number of fused-ring (bicyclic) bond motifs is 1. The van der Waals surface area contributed by atoms with Gasteiger partial charge in [0.2, 0.25) is 0 Å². The maximum atomic E-state index is 12.2. The summed E-state index contributed by atoms with van der Waals surface area (Å²) in [6, 6.07) is 14.4. The van der Waals surface area contributed by atoms with Gasteiger partial charge in [0.15, 0.2) is 11.2 Å². The highest BCUT2D eigenvalue weighted by molar-refractivity contribution is 5.99. The van der Waals surface area contributed by atoms with Crippen molar-refractivity contribution in [2.45, 2.75) is 25.9 Å². The summed E-state index contributed by atoms with van der Waals surface area (Å²) < 4.78 is 10.8. The molecule has 1 aliphatic heterocycles. The van der Waals surface area contributed by atoms with Gasteiger partial charge in [-0.3, -0.25) is 10.1 Å². The third kappa shape index (κ3) is 4.42. The lowest BCUT2D eigenvalue weighted by atomic mass is 10.1. The lowest BCUT2D eigenvalue weighted by molar-refractivity contribution is -0.383. The van der Waals surface area contributed by atoms with Crippen molar-refractivity contribution < 1.29 is 19.2 Å². The first-order valence-corrected chi connectivity index (χ1v) is 10.2. The molecular formula is C23H23N3O5. The second-order valence-electron chi connectivity index (χ2n) is 7.44. The number of hydrogen-bond donors (Lipinski definition) is 0. The van der Waals surface area contributed by atoms with Crippen LogP contribution in [0.1, 0.15) is 35.3 Å². The Kier molecular flexibility index (Phi) is 5.97. The quantitative estimate of drug-likeness (QED) is 0.328. The largest absolute Gasteiger partial charge is 0.488 e. The number of carbonyl (C=O) groups is 1. The van der Waals surface area contributed by atoms with E-state index >= 15 is 0 Å². The zero-order valence-corrected chi connectivity index (χ0v) is 17.2. The fourth-order valence-electron chi connectivity index (χ4n) is 3.80. The van der Waals surface area contributed by atoms with Crippen LogP contribution < -0.4 is 9.64 Å². The Morgan fingerprint density at radius 3 is 2.55 bits per heavy atom. The van der Waals surface area contributed by atoms with E-state index < -0.39 is 10.9 Å². The molecule has 8 nitrogen and oxygen atoms in total. The van der Waals surface area contributed by atoms with Crippen LogP contribution >= 0.6 is 0 Å². The highest BCUT2D eigenvalue weighted by Gasteiger charge is 2.24. The van der Waals surface area contributed by atoms with Gasteiger partial charge in [-0.1, -0.05) is 30.3 Å². The van der Waals surface area contributed by atoms with Gasteiger partial charge in [0.1, 0.15) is 12.4 Å². The van der Waals surface area contributed by atoms with Crippen molar-refractivity contribution in [2.75, 3.05) is 25.1 Å². The number of pyridine rings is 1. The van der Waals surface area contributed by atoms with Crippen molar-refractivity contribution in [3.63, 3.8) is 0 Å². The van der Waals surface area contributed by atoms with Crippen LogP contribution in [0.25, 0.3) is 10.9 Å². The maximum absolute atomic E-state index is 12.2. The summed E-state index contributed by atoms with van der Waals surface area (Å²) >= 11 is 0. The summed E-state index contributed by atoms with van der Waals surface area (Å²) in [4.78, 5) is 30.0. The number of carbonyl (C=O) groups excluding carboxylic acids is 1. The van der Waals surface area contributed by atoms with Crippen molar-refractivity contribution in [1.29, 1.82) is 0 Å². The number of benzene rings is 2. The van der Waals surface area contributed by atoms with Gasteiger partial charge >= 0.3 is 5.97 Å². The molecule has 2 aromatic carbocycles. The van der Waals surface area contributed by atoms with E-state index in [9.17, 15) is 14.9 Å². The second-order valence-corrected chi connectivity index (χ2v) is 7.44. The predicted molar refractivity (Wildman–Crippen MR) is 117 cm³/mol. The SMILES string of the molecule is COC(=O)c1cc(OCc2ccccc2)c2cc(N3CCCCC3)cc([N+](=O)[O-])c2n1. The van der Waals surface area contributed by atoms with Crippen molar-refractivity contribution in [3.8, 4) is 5.75 Å². The van der Waals surface area contributed by atoms with Crippen LogP contribution in [-0.2, 0) is 11.3 Å². The minimum atomic E-state index is -0.680. The first-order valence-electron chi connectivity index (χ1n) is 10.2. The van der Waals surface area contributed by atoms with Crippen LogP contribution in [0, 0.1) is 10.1 Å². The molecule has 160 valence electrons. The van der Waals surface area contributed by atoms with Gasteiger partial charge in [-0.25, -0.2) is 9.78 Å². The van der Waals surface area contributed by atoms with E-state index in [1.165, 1.54) is 19.2 Å². The molecule has 0 atom stereocenters. The summed E-state index contributed by atoms with van der Waals surface area (Å²) in [5, 5.41) is 12.4. The molecule has 4 rings (SSSR count). The zero-order valence-electron chi connectivity index (χ0n) is 17.2. The smallest absolute Gasteiger partial charge is 0.356 e. The average molecular weight is 421 g/mol. The van der Waals surface area contributed by atoms with E-state index in [2.05, 4.69) is 9.88 Å². The molecule has 0 unspecified atom stereocenters. The van der Waals surface area contributed by atoms with Gasteiger partial charge in [-0.15, -0.1) is 0 Å². The Balaban J connectivity index is 1.85. The molecule has 0 amide bonds. The molecule has 0 N–H and O–H groups in total. The number of rotatable bonds is 6. The topological polar surface area (TPSA) is 94.8 Å². The normalized spacial score (nSPS) is 13.8. The van der Waals surface area contributed by atoms with E-state index in [-0.39, 0.29) is 23.5 Å². The molecule has 3 aromatic rings. The summed E-state index contributed by atoms with van der Waals surface area (Å²) in [6.07, 6.45) is 3.24. The van der Waals surface area contributed by atoms with Gasteiger partial charge in [-0.05, 0) is 30.9 Å². The molecular weight excluding hydrogens is 398 g/mol. The van der Waals surface area contributed by atoms with Gasteiger partial charge < -0.3 is 14.4 Å². The number of nitro benzene ring substituents is 1. The molecule has 8 heteroatoms. The second kappa shape index (κ2) is 8.99. The number of hydrogen-bond acceptors (Lipinski definition) is 7. The standard InChI is InChI=1S/C23H23N3O5/c1-30-23(27)19-14-21(31-15-16-8-4-2-5-9-16)18-12-17(25-10-6-3-7-11-25)13-20(26(28)29)22(18)24-19/h2,4-5,8-9,12-14H,3,6-7,10-11,15H2,1H3. The third-order valence-electron chi connectivity index (χ3n) is 5.39. The number of ether oxygens (including phenoxy) is 2. The molecule has 0 bridgehead atoms. The Labute approximate surface area is 179 Å². The molecule has 31 heavy (non-hydrogen) atoms. The molecule has 2 heterocycles. The van der Waals surface area contributed by atoms with Crippen molar-refractivity contribution in [3.05, 3.63) is 69.9 Å². The Morgan fingerprint density at radius 2 is 1.87 bits per heavy atom. The molecule has 1 saturated heterocycles. The van der Waals surface area contributed by atoms with Crippen molar-refractivity contribution >= 4 is 28.2 Å². The number of piperidine rings is 1. The molecule has 1 fully saturated rings. The number of non-ortho nitro benzene ring substituents is 1. The van der Waals surface area contributed by atoms with Crippen LogP contribution in [0.5, 0.6) is 5.75 Å². The summed E-state index contributed by atoms with van der Waals surface area (Å²) in [6.45, 7) is 1.94. The van der Waals surface area contributed by atoms with E-state index in [0.29, 0.717) is 11.1 Å². The highest BCUT2D eigenvalue weighted by atomic mass is 16.6. The molecule has 0 saturated carbocycles. The Hall–Kier alpha value is -3.68. The van der Waals surface area contributed by atoms with Crippen LogP contribution in [0.15, 0.2) is 48.5 Å². The average Bonchev–Trinajstić information content (AvgIpc) is 2.82. The first kappa shape index (κ1) is 20.6. The van der Waals surface area contributed by atoms with Gasteiger partial charge in [0.25, 0.3) is 5.69 Å². The zero-order chi connectivity index (χ0) is 21.8. The van der Waals surface area contributed by atoms with Crippen molar-refractivity contribution in [2.24, 2.45) is 0 Å². The number of esters is 1. The third-order valence-corrected chi connectivity index (χ3v) is 5.39. The molecule has 0 radical (unpaired) electrons. The maximum Gasteiger partial charge on any atom is 0.356 e. The number of aromatic nitrogens is 1. The highest BCUT2D eigenvalue weighted by Crippen LogP contribution is 2.37. The molecule has 1 aliphatic rings. The minimum absolute atomic E-state index is 0.0353. The number of methoxy groups -OCH3 is 1. The lowest BCUT2D eigenvalue weighted by Gasteiger charge is -2.29. The Morgan fingerprint density at radius 1 is 1.13 bits per heavy atom. The van der Waals surface area contributed by atoms with Crippen LogP contribution in [0.3, 0.4) is 0 Å².